The van der Waals surface area contributed by atoms with Crippen molar-refractivity contribution in [3.05, 3.63) is 59.7 Å². The molecule has 5 heteroatoms. The Labute approximate surface area is 114 Å². The van der Waals surface area contributed by atoms with Gasteiger partial charge in [-0.3, -0.25) is 4.21 Å². The van der Waals surface area contributed by atoms with E-state index in [2.05, 4.69) is 0 Å². The molecule has 19 heavy (non-hydrogen) atoms. The molecule has 0 saturated heterocycles. The molecule has 0 heterocycles. The average Bonchev–Trinajstić information content (AvgIpc) is 2.38. The van der Waals surface area contributed by atoms with Crippen LogP contribution in [0.1, 0.15) is 11.1 Å². The maximum absolute atomic E-state index is 10.6. The molecule has 0 bridgehead atoms. The number of ether oxygens (including phenoxy) is 1. The van der Waals surface area contributed by atoms with Gasteiger partial charge in [0.05, 0.1) is 5.69 Å². The fourth-order valence-electron chi connectivity index (χ4n) is 1.69. The van der Waals surface area contributed by atoms with Gasteiger partial charge in [0.1, 0.15) is 12.4 Å². The lowest BCUT2D eigenvalue weighted by molar-refractivity contribution is 0.308. The third-order valence-corrected chi connectivity index (χ3v) is 3.16. The smallest absolute Gasteiger partial charge is 0.142 e. The second-order valence-corrected chi connectivity index (χ2v) is 4.99. The molecule has 2 N–H and O–H groups in total. The average molecular weight is 276 g/mol. The fourth-order valence-corrected chi connectivity index (χ4v) is 2.14. The summed E-state index contributed by atoms with van der Waals surface area (Å²) in [4.78, 5) is 0. The van der Waals surface area contributed by atoms with Gasteiger partial charge in [-0.15, -0.1) is 0 Å². The lowest BCUT2D eigenvalue weighted by atomic mass is 10.2. The van der Waals surface area contributed by atoms with Crippen molar-refractivity contribution in [1.29, 1.82) is 0 Å². The molecule has 4 nitrogen and oxygen atoms in total. The Bertz CT molecular complexity index is 572. The zero-order valence-corrected chi connectivity index (χ0v) is 11.1. The van der Waals surface area contributed by atoms with E-state index in [1.165, 1.54) is 0 Å². The standard InChI is InChI=1S/C14H15NO3S/c15-13-8-12(10-19(16)17)6-7-14(13)18-9-11-4-2-1-3-5-11/h1-8H,9-10,15H2,(H,16,17)/p-1. The first kappa shape index (κ1) is 13.6. The van der Waals surface area contributed by atoms with Gasteiger partial charge in [0.25, 0.3) is 0 Å². The van der Waals surface area contributed by atoms with Crippen LogP contribution in [-0.4, -0.2) is 8.76 Å². The lowest BCUT2D eigenvalue weighted by Gasteiger charge is -2.11. The summed E-state index contributed by atoms with van der Waals surface area (Å²) in [5, 5.41) is 0. The zero-order chi connectivity index (χ0) is 13.7. The predicted molar refractivity (Wildman–Crippen MR) is 74.3 cm³/mol. The van der Waals surface area contributed by atoms with E-state index in [0.717, 1.165) is 5.56 Å². The van der Waals surface area contributed by atoms with E-state index in [1.54, 1.807) is 18.2 Å². The number of rotatable bonds is 5. The molecule has 0 amide bonds. The molecule has 0 aliphatic rings. The second-order valence-electron chi connectivity index (χ2n) is 4.09. The molecule has 0 spiro atoms. The van der Waals surface area contributed by atoms with Crippen molar-refractivity contribution in [2.24, 2.45) is 0 Å². The van der Waals surface area contributed by atoms with Gasteiger partial charge >= 0.3 is 0 Å². The molecule has 100 valence electrons. The highest BCUT2D eigenvalue weighted by Crippen LogP contribution is 2.24. The Balaban J connectivity index is 2.03. The normalized spacial score (nSPS) is 12.1. The molecule has 0 aliphatic heterocycles. The minimum atomic E-state index is -2.11. The number of benzene rings is 2. The molecule has 0 aliphatic carbocycles. The first-order valence-corrected chi connectivity index (χ1v) is 7.00. The molecule has 2 aromatic rings. The predicted octanol–water partition coefficient (Wildman–Crippen LogP) is 2.23. The molecule has 0 radical (unpaired) electrons. The molecule has 1 atom stereocenters. The summed E-state index contributed by atoms with van der Waals surface area (Å²) in [5.74, 6) is 0.521. The zero-order valence-electron chi connectivity index (χ0n) is 10.2. The Morgan fingerprint density at radius 2 is 1.84 bits per heavy atom. The number of hydrogen-bond donors (Lipinski definition) is 1. The van der Waals surface area contributed by atoms with Crippen molar-refractivity contribution >= 4 is 16.8 Å². The van der Waals surface area contributed by atoms with Crippen molar-refractivity contribution in [1.82, 2.24) is 0 Å². The third-order valence-electron chi connectivity index (χ3n) is 2.60. The summed E-state index contributed by atoms with van der Waals surface area (Å²) >= 11 is -2.11. The van der Waals surface area contributed by atoms with Crippen LogP contribution in [0.25, 0.3) is 0 Å². The Hall–Kier alpha value is -1.85. The van der Waals surface area contributed by atoms with E-state index in [0.29, 0.717) is 23.6 Å². The van der Waals surface area contributed by atoms with Crippen LogP contribution in [0.5, 0.6) is 5.75 Å². The van der Waals surface area contributed by atoms with Gasteiger partial charge in [-0.1, -0.05) is 47.5 Å². The van der Waals surface area contributed by atoms with Crippen molar-refractivity contribution in [3.8, 4) is 5.75 Å². The van der Waals surface area contributed by atoms with E-state index in [4.69, 9.17) is 10.5 Å². The second kappa shape index (κ2) is 6.36. The minimum absolute atomic E-state index is 0.0385. The van der Waals surface area contributed by atoms with Crippen molar-refractivity contribution in [3.63, 3.8) is 0 Å². The van der Waals surface area contributed by atoms with Gasteiger partial charge in [-0.25, -0.2) is 0 Å². The van der Waals surface area contributed by atoms with Gasteiger partial charge in [-0.05, 0) is 23.3 Å². The first-order chi connectivity index (χ1) is 9.15. The van der Waals surface area contributed by atoms with Crippen LogP contribution in [0.4, 0.5) is 5.69 Å². The van der Waals surface area contributed by atoms with Gasteiger partial charge in [0, 0.05) is 5.75 Å². The Morgan fingerprint density at radius 1 is 1.11 bits per heavy atom. The van der Waals surface area contributed by atoms with Crippen LogP contribution in [-0.2, 0) is 23.4 Å². The summed E-state index contributed by atoms with van der Waals surface area (Å²) < 4.78 is 26.8. The van der Waals surface area contributed by atoms with E-state index >= 15 is 0 Å². The monoisotopic (exact) mass is 276 g/mol. The molecule has 0 aromatic heterocycles. The maximum Gasteiger partial charge on any atom is 0.142 e. The highest BCUT2D eigenvalue weighted by molar-refractivity contribution is 7.78. The highest BCUT2D eigenvalue weighted by atomic mass is 32.2. The largest absolute Gasteiger partial charge is 0.772 e. The molecule has 0 fully saturated rings. The topological polar surface area (TPSA) is 75.4 Å². The maximum atomic E-state index is 10.6. The Kier molecular flexibility index (Phi) is 4.54. The van der Waals surface area contributed by atoms with E-state index in [1.807, 2.05) is 30.3 Å². The number of anilines is 1. The quantitative estimate of drug-likeness (QED) is 0.671. The van der Waals surface area contributed by atoms with Crippen molar-refractivity contribution in [2.75, 3.05) is 5.73 Å². The minimum Gasteiger partial charge on any atom is -0.772 e. The van der Waals surface area contributed by atoms with Crippen LogP contribution in [0.3, 0.4) is 0 Å². The van der Waals surface area contributed by atoms with E-state index in [9.17, 15) is 8.76 Å². The summed E-state index contributed by atoms with van der Waals surface area (Å²) in [6.45, 7) is 0.428. The number of hydrogen-bond acceptors (Lipinski definition) is 4. The number of nitrogen functional groups attached to an aromatic ring is 1. The van der Waals surface area contributed by atoms with Gasteiger partial charge < -0.3 is 15.0 Å². The SMILES string of the molecule is Nc1cc(CS(=O)[O-])ccc1OCc1ccccc1. The first-order valence-electron chi connectivity index (χ1n) is 5.76. The molecule has 1 unspecified atom stereocenters. The van der Waals surface area contributed by atoms with Gasteiger partial charge in [-0.2, -0.15) is 0 Å². The van der Waals surface area contributed by atoms with E-state index < -0.39 is 11.1 Å². The van der Waals surface area contributed by atoms with Gasteiger partial charge in [0.15, 0.2) is 0 Å². The summed E-state index contributed by atoms with van der Waals surface area (Å²) in [6.07, 6.45) is 0. The molecule has 2 rings (SSSR count). The van der Waals surface area contributed by atoms with Crippen molar-refractivity contribution in [2.45, 2.75) is 12.4 Å². The van der Waals surface area contributed by atoms with Crippen LogP contribution in [0.15, 0.2) is 48.5 Å². The number of nitrogens with two attached hydrogens (primary N) is 1. The molecular formula is C14H14NO3S-. The summed E-state index contributed by atoms with van der Waals surface area (Å²) in [7, 11) is 0. The molecule has 2 aromatic carbocycles. The summed E-state index contributed by atoms with van der Waals surface area (Å²) in [5.41, 5.74) is 7.98. The van der Waals surface area contributed by atoms with Crippen LogP contribution < -0.4 is 10.5 Å². The van der Waals surface area contributed by atoms with Crippen LogP contribution >= 0.6 is 0 Å². The Morgan fingerprint density at radius 3 is 2.47 bits per heavy atom. The summed E-state index contributed by atoms with van der Waals surface area (Å²) in [6, 6.07) is 14.8. The third kappa shape index (κ3) is 4.08. The highest BCUT2D eigenvalue weighted by Gasteiger charge is 2.03. The van der Waals surface area contributed by atoms with Crippen LogP contribution in [0.2, 0.25) is 0 Å². The fraction of sp³-hybridized carbons (Fsp3) is 0.143. The van der Waals surface area contributed by atoms with E-state index in [-0.39, 0.29) is 5.75 Å². The lowest BCUT2D eigenvalue weighted by Crippen LogP contribution is -2.00. The molecule has 0 saturated carbocycles. The van der Waals surface area contributed by atoms with Crippen LogP contribution in [0, 0.1) is 0 Å². The van der Waals surface area contributed by atoms with Crippen molar-refractivity contribution < 1.29 is 13.5 Å². The molecular weight excluding hydrogens is 262 g/mol. The van der Waals surface area contributed by atoms with Gasteiger partial charge in [0.2, 0.25) is 0 Å².